The zero-order chi connectivity index (χ0) is 11.3. The van der Waals surface area contributed by atoms with E-state index in [0.717, 1.165) is 44.2 Å². The van der Waals surface area contributed by atoms with Crippen LogP contribution < -0.4 is 5.32 Å². The van der Waals surface area contributed by atoms with Crippen LogP contribution in [0, 0.1) is 17.8 Å². The minimum atomic E-state index is 0.356. The fraction of sp³-hybridized carbons (Fsp3) is 0.923. The second-order valence-electron chi connectivity index (χ2n) is 5.03. The van der Waals surface area contributed by atoms with E-state index in [1.807, 2.05) is 0 Å². The van der Waals surface area contributed by atoms with Crippen LogP contribution in [-0.2, 0) is 4.79 Å². The molecule has 1 fully saturated rings. The Morgan fingerprint density at radius 1 is 1.27 bits per heavy atom. The average Bonchev–Trinajstić information content (AvgIpc) is 2.22. The van der Waals surface area contributed by atoms with Crippen LogP contribution in [0.3, 0.4) is 0 Å². The molecule has 0 radical (unpaired) electrons. The molecule has 1 N–H and O–H groups in total. The lowest BCUT2D eigenvalue weighted by atomic mass is 9.74. The van der Waals surface area contributed by atoms with Gasteiger partial charge in [-0.3, -0.25) is 4.79 Å². The van der Waals surface area contributed by atoms with E-state index >= 15 is 0 Å². The summed E-state index contributed by atoms with van der Waals surface area (Å²) in [5, 5.41) is 3.22. The van der Waals surface area contributed by atoms with E-state index in [4.69, 9.17) is 0 Å². The molecular formula is C13H25NO. The van der Waals surface area contributed by atoms with Gasteiger partial charge in [-0.15, -0.1) is 0 Å². The molecule has 1 aliphatic rings. The van der Waals surface area contributed by atoms with Crippen molar-refractivity contribution in [3.8, 4) is 0 Å². The molecule has 88 valence electrons. The Morgan fingerprint density at radius 3 is 2.60 bits per heavy atom. The Kier molecular flexibility index (Phi) is 5.30. The number of carbonyl (C=O) groups is 1. The molecule has 0 bridgehead atoms. The third kappa shape index (κ3) is 3.94. The van der Waals surface area contributed by atoms with Gasteiger partial charge in [0.15, 0.2) is 0 Å². The number of carbonyl (C=O) groups excluding carboxylic acids is 1. The van der Waals surface area contributed by atoms with Gasteiger partial charge >= 0.3 is 0 Å². The maximum Gasteiger partial charge on any atom is 0.137 e. The minimum Gasteiger partial charge on any atom is -0.317 e. The summed E-state index contributed by atoms with van der Waals surface area (Å²) in [7, 11) is 0. The zero-order valence-electron chi connectivity index (χ0n) is 10.4. The minimum absolute atomic E-state index is 0.356. The van der Waals surface area contributed by atoms with E-state index in [2.05, 4.69) is 26.1 Å². The molecule has 0 heterocycles. The van der Waals surface area contributed by atoms with Crippen molar-refractivity contribution in [3.05, 3.63) is 0 Å². The lowest BCUT2D eigenvalue weighted by Crippen LogP contribution is -2.28. The highest BCUT2D eigenvalue weighted by atomic mass is 16.1. The summed E-state index contributed by atoms with van der Waals surface area (Å²) in [5.41, 5.74) is 0. The highest BCUT2D eigenvalue weighted by molar-refractivity contribution is 5.81. The van der Waals surface area contributed by atoms with Crippen LogP contribution in [0.2, 0.25) is 0 Å². The molecule has 1 saturated carbocycles. The molecular weight excluding hydrogens is 186 g/mol. The van der Waals surface area contributed by atoms with Gasteiger partial charge in [-0.25, -0.2) is 0 Å². The van der Waals surface area contributed by atoms with Crippen LogP contribution in [0.25, 0.3) is 0 Å². The summed E-state index contributed by atoms with van der Waals surface area (Å²) in [6.45, 7) is 8.49. The van der Waals surface area contributed by atoms with Crippen LogP contribution in [0.4, 0.5) is 0 Å². The first-order valence-corrected chi connectivity index (χ1v) is 6.38. The Labute approximate surface area is 93.8 Å². The van der Waals surface area contributed by atoms with Crippen molar-refractivity contribution in [2.45, 2.75) is 46.5 Å². The number of Topliss-reactive ketones (excluding diaryl/α,β-unsaturated/α-hetero) is 1. The lowest BCUT2D eigenvalue weighted by Gasteiger charge is -2.31. The Morgan fingerprint density at radius 2 is 2.00 bits per heavy atom. The van der Waals surface area contributed by atoms with E-state index in [1.165, 1.54) is 6.42 Å². The number of hydrogen-bond donors (Lipinski definition) is 1. The number of hydrogen-bond acceptors (Lipinski definition) is 2. The Bertz CT molecular complexity index is 203. The molecule has 0 spiro atoms. The predicted octanol–water partition coefficient (Wildman–Crippen LogP) is 2.63. The molecule has 0 aromatic carbocycles. The van der Waals surface area contributed by atoms with Gasteiger partial charge in [0.2, 0.25) is 0 Å². The summed E-state index contributed by atoms with van der Waals surface area (Å²) >= 11 is 0. The fourth-order valence-corrected chi connectivity index (χ4v) is 2.43. The molecule has 15 heavy (non-hydrogen) atoms. The van der Waals surface area contributed by atoms with Gasteiger partial charge in [-0.05, 0) is 37.6 Å². The summed E-state index contributed by atoms with van der Waals surface area (Å²) in [6.07, 6.45) is 4.20. The van der Waals surface area contributed by atoms with Gasteiger partial charge in [0.05, 0.1) is 0 Å². The molecule has 3 unspecified atom stereocenters. The topological polar surface area (TPSA) is 29.1 Å². The van der Waals surface area contributed by atoms with Crippen molar-refractivity contribution in [3.63, 3.8) is 0 Å². The summed E-state index contributed by atoms with van der Waals surface area (Å²) < 4.78 is 0. The molecule has 0 aromatic heterocycles. The number of nitrogens with one attached hydrogen (secondary N) is 1. The van der Waals surface area contributed by atoms with Gasteiger partial charge in [0, 0.05) is 18.9 Å². The fourth-order valence-electron chi connectivity index (χ4n) is 2.43. The number of rotatable bonds is 5. The maximum absolute atomic E-state index is 11.9. The van der Waals surface area contributed by atoms with Gasteiger partial charge in [0.1, 0.15) is 5.78 Å². The predicted molar refractivity (Wildman–Crippen MR) is 63.8 cm³/mol. The molecule has 0 aromatic rings. The molecule has 1 aliphatic carbocycles. The summed E-state index contributed by atoms with van der Waals surface area (Å²) in [4.78, 5) is 11.9. The monoisotopic (exact) mass is 211 g/mol. The van der Waals surface area contributed by atoms with E-state index in [0.29, 0.717) is 11.7 Å². The highest BCUT2D eigenvalue weighted by Gasteiger charge is 2.28. The van der Waals surface area contributed by atoms with Crippen LogP contribution in [0.5, 0.6) is 0 Å². The largest absolute Gasteiger partial charge is 0.317 e. The quantitative estimate of drug-likeness (QED) is 0.708. The first-order chi connectivity index (χ1) is 7.15. The third-order valence-electron chi connectivity index (χ3n) is 3.85. The second-order valence-corrected chi connectivity index (χ2v) is 5.03. The molecule has 2 heteroatoms. The zero-order valence-corrected chi connectivity index (χ0v) is 10.4. The Balaban J connectivity index is 2.28. The van der Waals surface area contributed by atoms with Crippen molar-refractivity contribution in [2.24, 2.45) is 17.8 Å². The van der Waals surface area contributed by atoms with Crippen molar-refractivity contribution in [1.82, 2.24) is 5.32 Å². The van der Waals surface area contributed by atoms with E-state index in [9.17, 15) is 4.79 Å². The normalized spacial score (nSPS) is 31.5. The SMILES string of the molecule is CCNCCC(=O)C1CCC(C)C(C)C1. The van der Waals surface area contributed by atoms with Gasteiger partial charge in [-0.2, -0.15) is 0 Å². The molecule has 1 rings (SSSR count). The van der Waals surface area contributed by atoms with Crippen LogP contribution >= 0.6 is 0 Å². The van der Waals surface area contributed by atoms with Crippen molar-refractivity contribution >= 4 is 5.78 Å². The molecule has 0 saturated heterocycles. The number of ketones is 1. The molecule has 3 atom stereocenters. The third-order valence-corrected chi connectivity index (χ3v) is 3.85. The summed E-state index contributed by atoms with van der Waals surface area (Å²) in [6, 6.07) is 0. The second kappa shape index (κ2) is 6.26. The first kappa shape index (κ1) is 12.7. The summed E-state index contributed by atoms with van der Waals surface area (Å²) in [5.74, 6) is 2.37. The highest BCUT2D eigenvalue weighted by Crippen LogP contribution is 2.34. The van der Waals surface area contributed by atoms with Crippen LogP contribution in [-0.4, -0.2) is 18.9 Å². The Hall–Kier alpha value is -0.370. The van der Waals surface area contributed by atoms with Crippen molar-refractivity contribution < 1.29 is 4.79 Å². The molecule has 0 aliphatic heterocycles. The van der Waals surface area contributed by atoms with Gasteiger partial charge < -0.3 is 5.32 Å². The van der Waals surface area contributed by atoms with E-state index in [1.54, 1.807) is 0 Å². The lowest BCUT2D eigenvalue weighted by molar-refractivity contribution is -0.124. The van der Waals surface area contributed by atoms with E-state index in [-0.39, 0.29) is 0 Å². The van der Waals surface area contributed by atoms with Crippen LogP contribution in [0.15, 0.2) is 0 Å². The van der Waals surface area contributed by atoms with Gasteiger partial charge in [-0.1, -0.05) is 20.8 Å². The van der Waals surface area contributed by atoms with Crippen LogP contribution in [0.1, 0.15) is 46.5 Å². The van der Waals surface area contributed by atoms with Gasteiger partial charge in [0.25, 0.3) is 0 Å². The van der Waals surface area contributed by atoms with Crippen molar-refractivity contribution in [1.29, 1.82) is 0 Å². The standard InChI is InChI=1S/C13H25NO/c1-4-14-8-7-13(15)12-6-5-10(2)11(3)9-12/h10-12,14H,4-9H2,1-3H3. The van der Waals surface area contributed by atoms with E-state index < -0.39 is 0 Å². The van der Waals surface area contributed by atoms with Crippen molar-refractivity contribution in [2.75, 3.05) is 13.1 Å². The first-order valence-electron chi connectivity index (χ1n) is 6.38. The molecule has 0 amide bonds. The smallest absolute Gasteiger partial charge is 0.137 e. The average molecular weight is 211 g/mol. The maximum atomic E-state index is 11.9. The molecule has 2 nitrogen and oxygen atoms in total.